The van der Waals surface area contributed by atoms with Crippen LogP contribution in [0.2, 0.25) is 5.02 Å². The molecule has 2 rings (SSSR count). The summed E-state index contributed by atoms with van der Waals surface area (Å²) in [6.07, 6.45) is -5.46. The van der Waals surface area contributed by atoms with E-state index in [9.17, 15) is 23.1 Å². The van der Waals surface area contributed by atoms with Crippen molar-refractivity contribution in [2.24, 2.45) is 5.10 Å². The molecule has 0 fully saturated rings. The van der Waals surface area contributed by atoms with E-state index in [1.807, 2.05) is 0 Å². The Hall–Kier alpha value is -1.25. The third-order valence-electron chi connectivity index (χ3n) is 3.58. The molecule has 4 nitrogen and oxygen atoms in total. The molecule has 1 aliphatic rings. The molecule has 24 heavy (non-hydrogen) atoms. The van der Waals surface area contributed by atoms with Gasteiger partial charge in [-0.1, -0.05) is 36.7 Å². The lowest BCUT2D eigenvalue weighted by molar-refractivity contribution is -0.301. The van der Waals surface area contributed by atoms with E-state index in [1.165, 1.54) is 0 Å². The maximum atomic E-state index is 13.2. The quantitative estimate of drug-likeness (QED) is 0.844. The minimum absolute atomic E-state index is 0.138. The molecule has 0 saturated carbocycles. The molecular weight excluding hydrogens is 365 g/mol. The zero-order chi connectivity index (χ0) is 18.0. The highest BCUT2D eigenvalue weighted by molar-refractivity contribution is 7.99. The molecule has 9 heteroatoms. The van der Waals surface area contributed by atoms with Crippen LogP contribution in [-0.4, -0.2) is 39.4 Å². The van der Waals surface area contributed by atoms with Crippen LogP contribution >= 0.6 is 23.4 Å². The van der Waals surface area contributed by atoms with E-state index >= 15 is 0 Å². The Labute approximate surface area is 146 Å². The summed E-state index contributed by atoms with van der Waals surface area (Å²) in [5.41, 5.74) is -2.35. The highest BCUT2D eigenvalue weighted by Gasteiger charge is 2.62. The zero-order valence-electron chi connectivity index (χ0n) is 12.8. The first-order valence-electron chi connectivity index (χ1n) is 7.18. The summed E-state index contributed by atoms with van der Waals surface area (Å²) in [5, 5.41) is 14.3. The average Bonchev–Trinajstić information content (AvgIpc) is 2.87. The van der Waals surface area contributed by atoms with Crippen LogP contribution in [0, 0.1) is 0 Å². The predicted molar refractivity (Wildman–Crippen MR) is 87.8 cm³/mol. The van der Waals surface area contributed by atoms with Gasteiger partial charge in [0.25, 0.3) is 11.6 Å². The smallest absolute Gasteiger partial charge is 0.362 e. The van der Waals surface area contributed by atoms with Crippen molar-refractivity contribution in [1.82, 2.24) is 5.01 Å². The highest BCUT2D eigenvalue weighted by Crippen LogP contribution is 2.41. The van der Waals surface area contributed by atoms with E-state index in [4.69, 9.17) is 11.6 Å². The lowest BCUT2D eigenvalue weighted by atomic mass is 10.1. The van der Waals surface area contributed by atoms with Crippen LogP contribution in [0.5, 0.6) is 0 Å². The number of aliphatic hydroxyl groups is 1. The lowest BCUT2D eigenvalue weighted by Gasteiger charge is -2.32. The maximum absolute atomic E-state index is 13.2. The molecule has 1 aromatic carbocycles. The summed E-state index contributed by atoms with van der Waals surface area (Å²) in [7, 11) is 0. The molecule has 0 bridgehead atoms. The van der Waals surface area contributed by atoms with E-state index in [1.54, 1.807) is 31.2 Å². The summed E-state index contributed by atoms with van der Waals surface area (Å²) in [4.78, 5) is 12.1. The Bertz CT molecular complexity index is 654. The second kappa shape index (κ2) is 7.33. The Morgan fingerprint density at radius 2 is 2.12 bits per heavy atom. The molecule has 1 unspecified atom stereocenters. The van der Waals surface area contributed by atoms with Gasteiger partial charge in [-0.15, -0.1) is 11.8 Å². The normalized spacial score (nSPS) is 21.1. The Balaban J connectivity index is 2.04. The predicted octanol–water partition coefficient (Wildman–Crippen LogP) is 3.82. The molecule has 1 heterocycles. The van der Waals surface area contributed by atoms with Crippen molar-refractivity contribution in [2.75, 3.05) is 5.75 Å². The number of alkyl halides is 3. The maximum Gasteiger partial charge on any atom is 0.438 e. The number of nitrogens with zero attached hydrogens (tertiary/aromatic N) is 2. The first-order chi connectivity index (χ1) is 11.2. The number of rotatable bonds is 5. The van der Waals surface area contributed by atoms with Crippen LogP contribution in [0.4, 0.5) is 13.2 Å². The number of thioether (sulfide) groups is 1. The van der Waals surface area contributed by atoms with Crippen molar-refractivity contribution in [3.63, 3.8) is 0 Å². The van der Waals surface area contributed by atoms with E-state index < -0.39 is 24.2 Å². The molecule has 0 aliphatic carbocycles. The van der Waals surface area contributed by atoms with Crippen molar-refractivity contribution < 1.29 is 23.1 Å². The standard InChI is InChI=1S/C15H16ClF3N2O2S/c1-2-11-7-14(23,15(17,18)19)21(20-11)13(22)9-24-8-10-5-3-4-6-12(10)16/h3-6,23H,2,7-9H2,1H3. The van der Waals surface area contributed by atoms with E-state index in [0.29, 0.717) is 10.8 Å². The molecule has 1 amide bonds. The molecule has 0 saturated heterocycles. The molecule has 1 aromatic rings. The van der Waals surface area contributed by atoms with Gasteiger partial charge < -0.3 is 5.11 Å². The van der Waals surface area contributed by atoms with Crippen LogP contribution < -0.4 is 0 Å². The fraction of sp³-hybridized carbons (Fsp3) is 0.467. The van der Waals surface area contributed by atoms with Gasteiger partial charge in [0.1, 0.15) is 0 Å². The Morgan fingerprint density at radius 1 is 1.46 bits per heavy atom. The summed E-state index contributed by atoms with van der Waals surface area (Å²) in [6.45, 7) is 1.62. The minimum Gasteiger partial charge on any atom is -0.362 e. The van der Waals surface area contributed by atoms with Gasteiger partial charge in [-0.3, -0.25) is 4.79 Å². The van der Waals surface area contributed by atoms with E-state index in [2.05, 4.69) is 5.10 Å². The van der Waals surface area contributed by atoms with Crippen LogP contribution in [0.1, 0.15) is 25.3 Å². The third kappa shape index (κ3) is 3.87. The van der Waals surface area contributed by atoms with Gasteiger partial charge in [0.05, 0.1) is 5.75 Å². The summed E-state index contributed by atoms with van der Waals surface area (Å²) in [5.74, 6) is -0.770. The molecule has 132 valence electrons. The third-order valence-corrected chi connectivity index (χ3v) is 4.92. The van der Waals surface area contributed by atoms with Gasteiger partial charge in [-0.25, -0.2) is 0 Å². The first-order valence-corrected chi connectivity index (χ1v) is 8.72. The van der Waals surface area contributed by atoms with Crippen LogP contribution in [0.3, 0.4) is 0 Å². The van der Waals surface area contributed by atoms with Gasteiger partial charge in [0.15, 0.2) is 0 Å². The van der Waals surface area contributed by atoms with Crippen molar-refractivity contribution in [2.45, 2.75) is 37.4 Å². The summed E-state index contributed by atoms with van der Waals surface area (Å²) >= 11 is 7.10. The number of carbonyl (C=O) groups excluding carboxylic acids is 1. The Kier molecular flexibility index (Phi) is 5.83. The number of hydrogen-bond acceptors (Lipinski definition) is 4. The minimum atomic E-state index is -4.98. The number of hydrazone groups is 1. The van der Waals surface area contributed by atoms with Crippen LogP contribution in [0.25, 0.3) is 0 Å². The van der Waals surface area contributed by atoms with Gasteiger partial charge in [0, 0.05) is 22.9 Å². The van der Waals surface area contributed by atoms with E-state index in [-0.39, 0.29) is 22.9 Å². The van der Waals surface area contributed by atoms with Crippen molar-refractivity contribution >= 4 is 35.0 Å². The first kappa shape index (κ1) is 19.1. The van der Waals surface area contributed by atoms with Gasteiger partial charge >= 0.3 is 6.18 Å². The fourth-order valence-electron chi connectivity index (χ4n) is 2.22. The lowest BCUT2D eigenvalue weighted by Crippen LogP contribution is -2.57. The van der Waals surface area contributed by atoms with Crippen molar-refractivity contribution in [1.29, 1.82) is 0 Å². The fourth-order valence-corrected chi connectivity index (χ4v) is 3.37. The largest absolute Gasteiger partial charge is 0.438 e. The topological polar surface area (TPSA) is 52.9 Å². The van der Waals surface area contributed by atoms with Crippen LogP contribution in [0.15, 0.2) is 29.4 Å². The second-order valence-corrected chi connectivity index (χ2v) is 6.69. The highest BCUT2D eigenvalue weighted by atomic mass is 35.5. The summed E-state index contributed by atoms with van der Waals surface area (Å²) in [6, 6.07) is 7.01. The Morgan fingerprint density at radius 3 is 2.71 bits per heavy atom. The number of amides is 1. The zero-order valence-corrected chi connectivity index (χ0v) is 14.4. The van der Waals surface area contributed by atoms with Gasteiger partial charge in [0.2, 0.25) is 0 Å². The van der Waals surface area contributed by atoms with Gasteiger partial charge in [-0.2, -0.15) is 23.3 Å². The van der Waals surface area contributed by atoms with Crippen molar-refractivity contribution in [3.05, 3.63) is 34.9 Å². The molecule has 0 radical (unpaired) electrons. The molecular formula is C15H16ClF3N2O2S. The SMILES string of the molecule is CCC1=NN(C(=O)CSCc2ccccc2Cl)C(O)(C(F)(F)F)C1. The number of halogens is 4. The number of hydrogen-bond donors (Lipinski definition) is 1. The van der Waals surface area contributed by atoms with Crippen LogP contribution in [-0.2, 0) is 10.5 Å². The molecule has 0 aromatic heterocycles. The number of benzene rings is 1. The molecule has 1 atom stereocenters. The molecule has 1 N–H and O–H groups in total. The second-order valence-electron chi connectivity index (χ2n) is 5.30. The van der Waals surface area contributed by atoms with Gasteiger partial charge in [-0.05, 0) is 18.1 Å². The summed E-state index contributed by atoms with van der Waals surface area (Å²) < 4.78 is 39.5. The van der Waals surface area contributed by atoms with E-state index in [0.717, 1.165) is 17.3 Å². The molecule has 1 aliphatic heterocycles. The van der Waals surface area contributed by atoms with Crippen molar-refractivity contribution in [3.8, 4) is 0 Å². The molecule has 0 spiro atoms. The average molecular weight is 381 g/mol. The monoisotopic (exact) mass is 380 g/mol. The number of carbonyl (C=O) groups is 1.